The minimum absolute atomic E-state index is 0.0799. The standard InChI is InChI=1S/C12H15IN2O5S/c1-12(2,21(3,19)20)7-14-11(16)9-6-8(15(17)18)4-5-10(9)13/h4-6H,7H2,1-3H3,(H,14,16). The lowest BCUT2D eigenvalue weighted by molar-refractivity contribution is -0.384. The Morgan fingerprint density at radius 3 is 2.48 bits per heavy atom. The van der Waals surface area contributed by atoms with Gasteiger partial charge in [-0.2, -0.15) is 0 Å². The number of rotatable bonds is 5. The molecule has 0 saturated heterocycles. The van der Waals surface area contributed by atoms with E-state index in [0.29, 0.717) is 3.57 Å². The number of hydrogen-bond acceptors (Lipinski definition) is 5. The summed E-state index contributed by atoms with van der Waals surface area (Å²) in [5, 5.41) is 13.2. The lowest BCUT2D eigenvalue weighted by atomic mass is 10.1. The van der Waals surface area contributed by atoms with Crippen LogP contribution in [0.4, 0.5) is 5.69 Å². The highest BCUT2D eigenvalue weighted by Crippen LogP contribution is 2.20. The molecule has 0 saturated carbocycles. The summed E-state index contributed by atoms with van der Waals surface area (Å²) < 4.78 is 22.6. The van der Waals surface area contributed by atoms with Crippen molar-refractivity contribution in [1.29, 1.82) is 0 Å². The number of nitro groups is 1. The van der Waals surface area contributed by atoms with Crippen LogP contribution in [0.2, 0.25) is 0 Å². The lowest BCUT2D eigenvalue weighted by Gasteiger charge is -2.22. The molecule has 1 rings (SSSR count). The van der Waals surface area contributed by atoms with Crippen molar-refractivity contribution in [3.05, 3.63) is 37.4 Å². The van der Waals surface area contributed by atoms with Crippen LogP contribution in [0.25, 0.3) is 0 Å². The largest absolute Gasteiger partial charge is 0.350 e. The topological polar surface area (TPSA) is 106 Å². The van der Waals surface area contributed by atoms with E-state index in [2.05, 4.69) is 5.32 Å². The van der Waals surface area contributed by atoms with Gasteiger partial charge in [-0.1, -0.05) is 0 Å². The van der Waals surface area contributed by atoms with Gasteiger partial charge in [0.1, 0.15) is 0 Å². The quantitative estimate of drug-likeness (QED) is 0.439. The van der Waals surface area contributed by atoms with Crippen molar-refractivity contribution in [2.45, 2.75) is 18.6 Å². The van der Waals surface area contributed by atoms with Crippen molar-refractivity contribution in [3.8, 4) is 0 Å². The number of nitro benzene ring substituents is 1. The van der Waals surface area contributed by atoms with Crippen LogP contribution in [0.1, 0.15) is 24.2 Å². The first kappa shape index (κ1) is 17.8. The lowest BCUT2D eigenvalue weighted by Crippen LogP contribution is -2.43. The Labute approximate surface area is 136 Å². The molecule has 9 heteroatoms. The second-order valence-electron chi connectivity index (χ2n) is 5.14. The molecule has 0 spiro atoms. The third-order valence-corrected chi connectivity index (χ3v) is 6.18. The van der Waals surface area contributed by atoms with Crippen LogP contribution >= 0.6 is 22.6 Å². The maximum absolute atomic E-state index is 12.1. The van der Waals surface area contributed by atoms with Gasteiger partial charge in [0.15, 0.2) is 9.84 Å². The summed E-state index contributed by atoms with van der Waals surface area (Å²) in [6.45, 7) is 2.92. The van der Waals surface area contributed by atoms with Crippen LogP contribution in [0.3, 0.4) is 0 Å². The van der Waals surface area contributed by atoms with E-state index in [1.165, 1.54) is 32.0 Å². The zero-order chi connectivity index (χ0) is 16.4. The Bertz CT molecular complexity index is 685. The van der Waals surface area contributed by atoms with Gasteiger partial charge in [-0.05, 0) is 42.5 Å². The number of carbonyl (C=O) groups is 1. The van der Waals surface area contributed by atoms with Gasteiger partial charge >= 0.3 is 0 Å². The fourth-order valence-electron chi connectivity index (χ4n) is 1.32. The molecule has 0 unspecified atom stereocenters. The fraction of sp³-hybridized carbons (Fsp3) is 0.417. The number of halogens is 1. The summed E-state index contributed by atoms with van der Waals surface area (Å²) in [5.74, 6) is -0.542. The van der Waals surface area contributed by atoms with E-state index in [1.807, 2.05) is 22.6 Å². The van der Waals surface area contributed by atoms with Crippen LogP contribution < -0.4 is 5.32 Å². The van der Waals surface area contributed by atoms with Gasteiger partial charge in [0, 0.05) is 28.5 Å². The maximum Gasteiger partial charge on any atom is 0.270 e. The summed E-state index contributed by atoms with van der Waals surface area (Å²) in [6.07, 6.45) is 1.09. The molecule has 0 aliphatic heterocycles. The van der Waals surface area contributed by atoms with Crippen molar-refractivity contribution < 1.29 is 18.1 Å². The molecule has 0 radical (unpaired) electrons. The number of carbonyl (C=O) groups excluding carboxylic acids is 1. The highest BCUT2D eigenvalue weighted by molar-refractivity contribution is 14.1. The molecule has 7 nitrogen and oxygen atoms in total. The van der Waals surface area contributed by atoms with Gasteiger partial charge in [0.2, 0.25) is 0 Å². The van der Waals surface area contributed by atoms with Crippen LogP contribution in [0.5, 0.6) is 0 Å². The first-order chi connectivity index (χ1) is 9.45. The molecular weight excluding hydrogens is 411 g/mol. The second-order valence-corrected chi connectivity index (χ2v) is 8.95. The number of nitrogens with one attached hydrogen (secondary N) is 1. The molecule has 1 N–H and O–H groups in total. The van der Waals surface area contributed by atoms with Crippen LogP contribution in [-0.2, 0) is 9.84 Å². The van der Waals surface area contributed by atoms with E-state index in [1.54, 1.807) is 0 Å². The molecule has 0 heterocycles. The molecule has 1 amide bonds. The summed E-state index contributed by atoms with van der Waals surface area (Å²) in [6, 6.07) is 3.94. The highest BCUT2D eigenvalue weighted by Gasteiger charge is 2.31. The molecule has 0 fully saturated rings. The van der Waals surface area contributed by atoms with Gasteiger partial charge in [-0.25, -0.2) is 8.42 Å². The van der Waals surface area contributed by atoms with Crippen molar-refractivity contribution >= 4 is 44.0 Å². The SMILES string of the molecule is CC(C)(CNC(=O)c1cc([N+](=O)[O-])ccc1I)S(C)(=O)=O. The smallest absolute Gasteiger partial charge is 0.270 e. The van der Waals surface area contributed by atoms with Crippen LogP contribution in [-0.4, -0.2) is 36.8 Å². The first-order valence-electron chi connectivity index (χ1n) is 5.87. The zero-order valence-electron chi connectivity index (χ0n) is 11.7. The monoisotopic (exact) mass is 426 g/mol. The summed E-state index contributed by atoms with van der Waals surface area (Å²) >= 11 is 1.89. The molecule has 1 aromatic carbocycles. The predicted octanol–water partition coefficient (Wildman–Crippen LogP) is 1.75. The number of hydrogen-bond donors (Lipinski definition) is 1. The van der Waals surface area contributed by atoms with Gasteiger partial charge in [0.25, 0.3) is 11.6 Å². The van der Waals surface area contributed by atoms with E-state index in [-0.39, 0.29) is 17.8 Å². The molecule has 0 atom stereocenters. The van der Waals surface area contributed by atoms with Crippen molar-refractivity contribution in [2.24, 2.45) is 0 Å². The minimum atomic E-state index is -3.34. The summed E-state index contributed by atoms with van der Waals surface area (Å²) in [5.41, 5.74) is -0.0444. The Hall–Kier alpha value is -1.23. The van der Waals surface area contributed by atoms with Crippen molar-refractivity contribution in [2.75, 3.05) is 12.8 Å². The molecule has 1 aromatic rings. The Morgan fingerprint density at radius 1 is 1.43 bits per heavy atom. The van der Waals surface area contributed by atoms with E-state index in [4.69, 9.17) is 0 Å². The minimum Gasteiger partial charge on any atom is -0.350 e. The zero-order valence-corrected chi connectivity index (χ0v) is 14.7. The Kier molecular flexibility index (Phi) is 5.31. The second kappa shape index (κ2) is 6.26. The van der Waals surface area contributed by atoms with E-state index in [0.717, 1.165) is 6.26 Å². The molecule has 0 aliphatic rings. The van der Waals surface area contributed by atoms with Gasteiger partial charge in [-0.3, -0.25) is 14.9 Å². The summed E-state index contributed by atoms with van der Waals surface area (Å²) in [7, 11) is -3.34. The van der Waals surface area contributed by atoms with Crippen molar-refractivity contribution in [1.82, 2.24) is 5.32 Å². The number of nitrogens with zero attached hydrogens (tertiary/aromatic N) is 1. The molecule has 0 aliphatic carbocycles. The van der Waals surface area contributed by atoms with Gasteiger partial charge in [-0.15, -0.1) is 0 Å². The van der Waals surface area contributed by atoms with E-state index >= 15 is 0 Å². The molecular formula is C12H15IN2O5S. The average molecular weight is 426 g/mol. The molecule has 0 aromatic heterocycles. The average Bonchev–Trinajstić information content (AvgIpc) is 2.35. The van der Waals surface area contributed by atoms with Crippen molar-refractivity contribution in [3.63, 3.8) is 0 Å². The summed E-state index contributed by atoms with van der Waals surface area (Å²) in [4.78, 5) is 22.2. The van der Waals surface area contributed by atoms with E-state index in [9.17, 15) is 23.3 Å². The number of non-ortho nitro benzene ring substituents is 1. The third-order valence-electron chi connectivity index (χ3n) is 3.08. The normalized spacial score (nSPS) is 12.0. The fourth-order valence-corrected chi connectivity index (χ4v) is 2.24. The Balaban J connectivity index is 2.96. The highest BCUT2D eigenvalue weighted by atomic mass is 127. The maximum atomic E-state index is 12.1. The third kappa shape index (κ3) is 4.37. The number of amides is 1. The molecule has 0 bridgehead atoms. The number of benzene rings is 1. The van der Waals surface area contributed by atoms with Gasteiger partial charge < -0.3 is 5.32 Å². The van der Waals surface area contributed by atoms with Crippen LogP contribution in [0, 0.1) is 13.7 Å². The number of sulfone groups is 1. The van der Waals surface area contributed by atoms with E-state index < -0.39 is 25.4 Å². The first-order valence-corrected chi connectivity index (χ1v) is 8.84. The Morgan fingerprint density at radius 2 is 2.00 bits per heavy atom. The molecule has 116 valence electrons. The van der Waals surface area contributed by atoms with Gasteiger partial charge in [0.05, 0.1) is 15.2 Å². The predicted molar refractivity (Wildman–Crippen MR) is 87.1 cm³/mol. The molecule has 21 heavy (non-hydrogen) atoms. The van der Waals surface area contributed by atoms with Crippen LogP contribution in [0.15, 0.2) is 18.2 Å².